The molecule has 2 aromatic rings. The molecule has 0 atom stereocenters. The molecule has 2 N–H and O–H groups in total. The molecule has 2 aromatic heterocycles. The standard InChI is InChI=1S/C14H23N5/c1-4-7-12-17-13(14(15)19(12)6-3)11-9-16-10-18(11)8-5-2/h9-10H,4-8,15H2,1-3H3. The Bertz CT molecular complexity index is 538. The molecule has 104 valence electrons. The number of aryl methyl sites for hydroxylation is 2. The van der Waals surface area contributed by atoms with Gasteiger partial charge >= 0.3 is 0 Å². The minimum absolute atomic E-state index is 0.754. The lowest BCUT2D eigenvalue weighted by atomic mass is 10.3. The Morgan fingerprint density at radius 2 is 2.00 bits per heavy atom. The van der Waals surface area contributed by atoms with Crippen molar-refractivity contribution >= 4 is 5.82 Å². The maximum atomic E-state index is 6.26. The lowest BCUT2D eigenvalue weighted by Gasteiger charge is -2.06. The molecule has 0 amide bonds. The summed E-state index contributed by atoms with van der Waals surface area (Å²) in [6.07, 6.45) is 6.80. The summed E-state index contributed by atoms with van der Waals surface area (Å²) in [7, 11) is 0. The number of anilines is 1. The van der Waals surface area contributed by atoms with Crippen LogP contribution in [0.15, 0.2) is 12.5 Å². The van der Waals surface area contributed by atoms with Crippen LogP contribution in [-0.2, 0) is 19.5 Å². The number of rotatable bonds is 6. The van der Waals surface area contributed by atoms with Gasteiger partial charge in [-0.15, -0.1) is 0 Å². The Hall–Kier alpha value is -1.78. The van der Waals surface area contributed by atoms with Crippen molar-refractivity contribution in [3.8, 4) is 11.4 Å². The van der Waals surface area contributed by atoms with Crippen LogP contribution in [0.5, 0.6) is 0 Å². The summed E-state index contributed by atoms with van der Waals surface area (Å²) >= 11 is 0. The number of nitrogens with zero attached hydrogens (tertiary/aromatic N) is 4. The van der Waals surface area contributed by atoms with Gasteiger partial charge in [-0.25, -0.2) is 9.97 Å². The first kappa shape index (κ1) is 13.6. The van der Waals surface area contributed by atoms with Crippen LogP contribution >= 0.6 is 0 Å². The number of nitrogen functional groups attached to an aromatic ring is 1. The molecule has 2 rings (SSSR count). The van der Waals surface area contributed by atoms with Crippen molar-refractivity contribution in [1.29, 1.82) is 0 Å². The van der Waals surface area contributed by atoms with Crippen molar-refractivity contribution in [2.24, 2.45) is 0 Å². The van der Waals surface area contributed by atoms with E-state index in [9.17, 15) is 0 Å². The minimum Gasteiger partial charge on any atom is -0.383 e. The fraction of sp³-hybridized carbons (Fsp3) is 0.571. The largest absolute Gasteiger partial charge is 0.383 e. The molecule has 0 aliphatic heterocycles. The summed E-state index contributed by atoms with van der Waals surface area (Å²) in [5, 5.41) is 0. The molecule has 0 spiro atoms. The van der Waals surface area contributed by atoms with Gasteiger partial charge in [-0.05, 0) is 19.8 Å². The summed E-state index contributed by atoms with van der Waals surface area (Å²) in [5.41, 5.74) is 8.15. The highest BCUT2D eigenvalue weighted by molar-refractivity contribution is 5.68. The fourth-order valence-electron chi connectivity index (χ4n) is 2.41. The molecule has 0 saturated carbocycles. The maximum absolute atomic E-state index is 6.26. The third kappa shape index (κ3) is 2.50. The highest BCUT2D eigenvalue weighted by Crippen LogP contribution is 2.27. The van der Waals surface area contributed by atoms with Crippen LogP contribution in [0, 0.1) is 0 Å². The Morgan fingerprint density at radius 1 is 1.21 bits per heavy atom. The molecule has 5 heteroatoms. The van der Waals surface area contributed by atoms with Crippen LogP contribution in [0.1, 0.15) is 39.4 Å². The average Bonchev–Trinajstić information content (AvgIpc) is 2.95. The predicted molar refractivity (Wildman–Crippen MR) is 77.8 cm³/mol. The van der Waals surface area contributed by atoms with Gasteiger partial charge in [0.25, 0.3) is 0 Å². The molecule has 0 fully saturated rings. The topological polar surface area (TPSA) is 61.7 Å². The van der Waals surface area contributed by atoms with E-state index in [1.54, 1.807) is 0 Å². The maximum Gasteiger partial charge on any atom is 0.133 e. The van der Waals surface area contributed by atoms with Crippen LogP contribution in [0.2, 0.25) is 0 Å². The van der Waals surface area contributed by atoms with Crippen molar-refractivity contribution in [3.05, 3.63) is 18.3 Å². The summed E-state index contributed by atoms with van der Waals surface area (Å²) in [4.78, 5) is 8.96. The molecule has 19 heavy (non-hydrogen) atoms. The lowest BCUT2D eigenvalue weighted by Crippen LogP contribution is -2.05. The molecule has 2 heterocycles. The van der Waals surface area contributed by atoms with Crippen molar-refractivity contribution in [2.45, 2.75) is 53.1 Å². The Labute approximate surface area is 114 Å². The first-order valence-corrected chi connectivity index (χ1v) is 7.08. The summed E-state index contributed by atoms with van der Waals surface area (Å²) in [6, 6.07) is 0. The highest BCUT2D eigenvalue weighted by Gasteiger charge is 2.17. The molecular weight excluding hydrogens is 238 g/mol. The Kier molecular flexibility index (Phi) is 4.24. The van der Waals surface area contributed by atoms with Crippen LogP contribution in [-0.4, -0.2) is 19.1 Å². The fourth-order valence-corrected chi connectivity index (χ4v) is 2.41. The van der Waals surface area contributed by atoms with E-state index < -0.39 is 0 Å². The molecule has 0 unspecified atom stereocenters. The van der Waals surface area contributed by atoms with E-state index >= 15 is 0 Å². The van der Waals surface area contributed by atoms with Gasteiger partial charge in [0, 0.05) is 19.5 Å². The molecule has 0 bridgehead atoms. The third-order valence-electron chi connectivity index (χ3n) is 3.30. The van der Waals surface area contributed by atoms with Gasteiger partial charge in [-0.1, -0.05) is 13.8 Å². The van der Waals surface area contributed by atoms with Crippen molar-refractivity contribution in [2.75, 3.05) is 5.73 Å². The SMILES string of the molecule is CCCc1nc(-c2cncn2CCC)c(N)n1CC. The van der Waals surface area contributed by atoms with E-state index in [1.807, 2.05) is 12.5 Å². The second-order valence-electron chi connectivity index (χ2n) is 4.73. The summed E-state index contributed by atoms with van der Waals surface area (Å²) < 4.78 is 4.22. The van der Waals surface area contributed by atoms with E-state index in [0.717, 1.165) is 55.4 Å². The third-order valence-corrected chi connectivity index (χ3v) is 3.30. The molecule has 0 aliphatic rings. The number of aromatic nitrogens is 4. The second-order valence-corrected chi connectivity index (χ2v) is 4.73. The summed E-state index contributed by atoms with van der Waals surface area (Å²) in [6.45, 7) is 8.21. The highest BCUT2D eigenvalue weighted by atomic mass is 15.2. The zero-order valence-corrected chi connectivity index (χ0v) is 12.1. The number of hydrogen-bond donors (Lipinski definition) is 1. The van der Waals surface area contributed by atoms with Crippen molar-refractivity contribution < 1.29 is 0 Å². The zero-order chi connectivity index (χ0) is 13.8. The second kappa shape index (κ2) is 5.91. The van der Waals surface area contributed by atoms with E-state index in [4.69, 9.17) is 10.7 Å². The molecule has 0 saturated heterocycles. The van der Waals surface area contributed by atoms with E-state index in [0.29, 0.717) is 0 Å². The van der Waals surface area contributed by atoms with E-state index in [1.165, 1.54) is 0 Å². The van der Waals surface area contributed by atoms with Gasteiger partial charge in [0.15, 0.2) is 0 Å². The quantitative estimate of drug-likeness (QED) is 0.869. The predicted octanol–water partition coefficient (Wildman–Crippen LogP) is 2.71. The van der Waals surface area contributed by atoms with Crippen LogP contribution in [0.3, 0.4) is 0 Å². The van der Waals surface area contributed by atoms with Crippen molar-refractivity contribution in [3.63, 3.8) is 0 Å². The van der Waals surface area contributed by atoms with E-state index in [2.05, 4.69) is 34.9 Å². The van der Waals surface area contributed by atoms with Gasteiger partial charge in [0.1, 0.15) is 17.3 Å². The van der Waals surface area contributed by atoms with Crippen LogP contribution < -0.4 is 5.73 Å². The van der Waals surface area contributed by atoms with Crippen LogP contribution in [0.4, 0.5) is 5.82 Å². The summed E-state index contributed by atoms with van der Waals surface area (Å²) in [5.74, 6) is 1.82. The molecule has 0 aromatic carbocycles. The van der Waals surface area contributed by atoms with Gasteiger partial charge in [-0.2, -0.15) is 0 Å². The number of nitrogens with two attached hydrogens (primary N) is 1. The zero-order valence-electron chi connectivity index (χ0n) is 12.1. The van der Waals surface area contributed by atoms with Gasteiger partial charge in [0.05, 0.1) is 18.2 Å². The number of imidazole rings is 2. The van der Waals surface area contributed by atoms with Gasteiger partial charge < -0.3 is 14.9 Å². The average molecular weight is 261 g/mol. The Morgan fingerprint density at radius 3 is 2.63 bits per heavy atom. The first-order chi connectivity index (χ1) is 9.22. The normalized spacial score (nSPS) is 11.1. The van der Waals surface area contributed by atoms with Gasteiger partial charge in [0.2, 0.25) is 0 Å². The molecular formula is C14H23N5. The minimum atomic E-state index is 0.754. The lowest BCUT2D eigenvalue weighted by molar-refractivity contribution is 0.683. The molecule has 0 radical (unpaired) electrons. The smallest absolute Gasteiger partial charge is 0.133 e. The number of hydrogen-bond acceptors (Lipinski definition) is 3. The molecule has 5 nitrogen and oxygen atoms in total. The molecule has 0 aliphatic carbocycles. The van der Waals surface area contributed by atoms with Crippen LogP contribution in [0.25, 0.3) is 11.4 Å². The Balaban J connectivity index is 2.47. The first-order valence-electron chi connectivity index (χ1n) is 7.08. The van der Waals surface area contributed by atoms with Crippen molar-refractivity contribution in [1.82, 2.24) is 19.1 Å². The van der Waals surface area contributed by atoms with Gasteiger partial charge in [-0.3, -0.25) is 0 Å². The van der Waals surface area contributed by atoms with E-state index in [-0.39, 0.29) is 0 Å². The monoisotopic (exact) mass is 261 g/mol.